The molecule has 1 aromatic rings. The fourth-order valence-electron chi connectivity index (χ4n) is 5.91. The lowest BCUT2D eigenvalue weighted by molar-refractivity contribution is -0.139. The largest absolute Gasteiger partial charge is 0.356 e. The Hall–Kier alpha value is -2.64. The van der Waals surface area contributed by atoms with E-state index >= 15 is 0 Å². The number of anilines is 1. The molecule has 34 heavy (non-hydrogen) atoms. The van der Waals surface area contributed by atoms with Gasteiger partial charge < -0.3 is 20.0 Å². The maximum atomic E-state index is 13.5. The average Bonchev–Trinajstić information content (AvgIpc) is 3.64. The second-order valence-corrected chi connectivity index (χ2v) is 10.4. The molecule has 5 rings (SSSR count). The van der Waals surface area contributed by atoms with E-state index in [1.54, 1.807) is 6.20 Å². The topological polar surface area (TPSA) is 85.8 Å². The molecule has 3 heterocycles. The molecule has 184 valence electrons. The van der Waals surface area contributed by atoms with Crippen LogP contribution in [0, 0.1) is 17.8 Å². The summed E-state index contributed by atoms with van der Waals surface area (Å²) in [6.07, 6.45) is 8.97. The van der Waals surface area contributed by atoms with Gasteiger partial charge in [-0.05, 0) is 50.7 Å². The van der Waals surface area contributed by atoms with Gasteiger partial charge in [0.2, 0.25) is 17.7 Å². The summed E-state index contributed by atoms with van der Waals surface area (Å²) < 4.78 is 0. The summed E-state index contributed by atoms with van der Waals surface area (Å²) in [4.78, 5) is 50.5. The number of aromatic nitrogens is 1. The van der Waals surface area contributed by atoms with Crippen molar-refractivity contribution < 1.29 is 14.4 Å². The minimum absolute atomic E-state index is 0.0239. The van der Waals surface area contributed by atoms with Gasteiger partial charge in [-0.25, -0.2) is 4.98 Å². The monoisotopic (exact) mass is 467 g/mol. The molecule has 0 unspecified atom stereocenters. The highest BCUT2D eigenvalue weighted by Crippen LogP contribution is 2.40. The van der Waals surface area contributed by atoms with Crippen molar-refractivity contribution in [2.24, 2.45) is 17.8 Å². The van der Waals surface area contributed by atoms with E-state index in [1.807, 2.05) is 28.0 Å². The minimum Gasteiger partial charge on any atom is -0.356 e. The Bertz CT molecular complexity index is 882. The number of pyridine rings is 1. The molecule has 3 amide bonds. The number of hydrogen-bond acceptors (Lipinski definition) is 5. The van der Waals surface area contributed by atoms with Crippen molar-refractivity contribution >= 4 is 23.5 Å². The number of amides is 3. The Kier molecular flexibility index (Phi) is 7.02. The molecule has 2 aliphatic carbocycles. The fourth-order valence-corrected chi connectivity index (χ4v) is 5.91. The first-order valence-corrected chi connectivity index (χ1v) is 13.1. The molecule has 0 aromatic carbocycles. The second kappa shape index (κ2) is 10.3. The van der Waals surface area contributed by atoms with Crippen LogP contribution in [0.4, 0.5) is 5.82 Å². The maximum absolute atomic E-state index is 13.5. The smallest absolute Gasteiger partial charge is 0.225 e. The highest BCUT2D eigenvalue weighted by atomic mass is 16.2. The van der Waals surface area contributed by atoms with Gasteiger partial charge in [-0.15, -0.1) is 0 Å². The number of fused-ring (bicyclic) bond motifs is 1. The molecule has 2 saturated heterocycles. The number of rotatable bonds is 3. The van der Waals surface area contributed by atoms with Crippen molar-refractivity contribution in [3.8, 4) is 0 Å². The average molecular weight is 468 g/mol. The van der Waals surface area contributed by atoms with Crippen LogP contribution in [0.15, 0.2) is 24.4 Å². The zero-order valence-corrected chi connectivity index (χ0v) is 20.0. The van der Waals surface area contributed by atoms with Crippen LogP contribution in [0.2, 0.25) is 0 Å². The Morgan fingerprint density at radius 1 is 0.882 bits per heavy atom. The molecule has 4 aliphatic rings. The summed E-state index contributed by atoms with van der Waals surface area (Å²) in [6, 6.07) is 5.74. The molecule has 2 aliphatic heterocycles. The number of carbonyl (C=O) groups excluding carboxylic acids is 3. The number of nitrogens with zero attached hydrogens (tertiary/aromatic N) is 4. The fraction of sp³-hybridized carbons (Fsp3) is 0.692. The Labute approximate surface area is 202 Å². The summed E-state index contributed by atoms with van der Waals surface area (Å²) in [5.74, 6) is 0.970. The third-order valence-corrected chi connectivity index (χ3v) is 8.01. The van der Waals surface area contributed by atoms with Gasteiger partial charge in [0.05, 0.1) is 5.92 Å². The van der Waals surface area contributed by atoms with Crippen LogP contribution in [0.3, 0.4) is 0 Å². The molecule has 0 spiro atoms. The molecule has 0 bridgehead atoms. The Morgan fingerprint density at radius 2 is 1.68 bits per heavy atom. The summed E-state index contributed by atoms with van der Waals surface area (Å²) in [7, 11) is 0. The highest BCUT2D eigenvalue weighted by molar-refractivity contribution is 5.86. The van der Waals surface area contributed by atoms with Gasteiger partial charge >= 0.3 is 0 Å². The molecule has 0 radical (unpaired) electrons. The van der Waals surface area contributed by atoms with Gasteiger partial charge in [-0.1, -0.05) is 18.9 Å². The third-order valence-electron chi connectivity index (χ3n) is 8.01. The number of carbonyl (C=O) groups is 3. The van der Waals surface area contributed by atoms with Gasteiger partial charge in [0.25, 0.3) is 0 Å². The Morgan fingerprint density at radius 3 is 2.41 bits per heavy atom. The van der Waals surface area contributed by atoms with Crippen LogP contribution in [-0.2, 0) is 14.4 Å². The molecule has 4 fully saturated rings. The van der Waals surface area contributed by atoms with Gasteiger partial charge in [0.15, 0.2) is 0 Å². The first-order chi connectivity index (χ1) is 16.6. The zero-order chi connectivity index (χ0) is 23.5. The number of nitrogens with one attached hydrogen (secondary N) is 1. The van der Waals surface area contributed by atoms with Crippen LogP contribution in [-0.4, -0.2) is 77.8 Å². The first-order valence-electron chi connectivity index (χ1n) is 13.1. The van der Waals surface area contributed by atoms with Crippen LogP contribution in [0.1, 0.15) is 51.4 Å². The number of piperazine rings is 1. The van der Waals surface area contributed by atoms with E-state index in [1.165, 1.54) is 0 Å². The maximum Gasteiger partial charge on any atom is 0.225 e. The lowest BCUT2D eigenvalue weighted by Crippen LogP contribution is -2.50. The van der Waals surface area contributed by atoms with Crippen molar-refractivity contribution in [2.45, 2.75) is 57.4 Å². The van der Waals surface area contributed by atoms with Crippen molar-refractivity contribution in [3.63, 3.8) is 0 Å². The van der Waals surface area contributed by atoms with E-state index in [0.29, 0.717) is 39.0 Å². The van der Waals surface area contributed by atoms with E-state index in [0.717, 1.165) is 57.4 Å². The molecule has 2 saturated carbocycles. The normalized spacial score (nSPS) is 28.6. The van der Waals surface area contributed by atoms with Crippen molar-refractivity contribution in [1.82, 2.24) is 20.1 Å². The van der Waals surface area contributed by atoms with Crippen LogP contribution in [0.25, 0.3) is 0 Å². The summed E-state index contributed by atoms with van der Waals surface area (Å²) in [5, 5.41) is 3.10. The second-order valence-electron chi connectivity index (χ2n) is 10.4. The van der Waals surface area contributed by atoms with Crippen molar-refractivity contribution in [3.05, 3.63) is 24.4 Å². The van der Waals surface area contributed by atoms with Crippen LogP contribution >= 0.6 is 0 Å². The third kappa shape index (κ3) is 5.05. The summed E-state index contributed by atoms with van der Waals surface area (Å²) in [5.41, 5.74) is 0. The lowest BCUT2D eigenvalue weighted by atomic mass is 9.99. The summed E-state index contributed by atoms with van der Waals surface area (Å²) in [6.45, 7) is 4.25. The van der Waals surface area contributed by atoms with Crippen LogP contribution in [0.5, 0.6) is 0 Å². The van der Waals surface area contributed by atoms with Crippen molar-refractivity contribution in [1.29, 1.82) is 0 Å². The van der Waals surface area contributed by atoms with Gasteiger partial charge in [0.1, 0.15) is 5.82 Å². The highest BCUT2D eigenvalue weighted by Gasteiger charge is 2.48. The van der Waals surface area contributed by atoms with E-state index in [4.69, 9.17) is 0 Å². The standard InChI is InChI=1S/C26H37N5O3/c32-24-21-17-20(25(33)30-15-13-29(14-16-30)23-7-3-5-10-27-23)18-22(21)31(26(34)19-8-9-19)12-6-2-1-4-11-28-24/h3,5,7,10,19-22H,1-2,4,6,8-9,11-18H2,(H,28,32)/t20-,21-,22+/m1/s1. The Balaban J connectivity index is 1.27. The van der Waals surface area contributed by atoms with Gasteiger partial charge in [0, 0.05) is 63.3 Å². The van der Waals surface area contributed by atoms with E-state index in [-0.39, 0.29) is 41.5 Å². The van der Waals surface area contributed by atoms with Crippen LogP contribution < -0.4 is 10.2 Å². The van der Waals surface area contributed by atoms with E-state index in [2.05, 4.69) is 15.2 Å². The van der Waals surface area contributed by atoms with E-state index < -0.39 is 0 Å². The van der Waals surface area contributed by atoms with Gasteiger partial charge in [-0.3, -0.25) is 14.4 Å². The molecule has 1 aromatic heterocycles. The number of hydrogen-bond donors (Lipinski definition) is 1. The predicted octanol–water partition coefficient (Wildman–Crippen LogP) is 2.05. The molecular formula is C26H37N5O3. The minimum atomic E-state index is -0.287. The summed E-state index contributed by atoms with van der Waals surface area (Å²) >= 11 is 0. The molecule has 3 atom stereocenters. The molecule has 1 N–H and O–H groups in total. The zero-order valence-electron chi connectivity index (χ0n) is 20.0. The van der Waals surface area contributed by atoms with Crippen molar-refractivity contribution in [2.75, 3.05) is 44.2 Å². The predicted molar refractivity (Wildman–Crippen MR) is 129 cm³/mol. The lowest BCUT2D eigenvalue weighted by Gasteiger charge is -2.36. The van der Waals surface area contributed by atoms with Gasteiger partial charge in [-0.2, -0.15) is 0 Å². The SMILES string of the molecule is O=C1NCCCCCCN(C(=O)C2CC2)[C@H]2C[C@H](C(=O)N3CCN(c4ccccn4)CC3)C[C@@H]12. The molecule has 8 heteroatoms. The first kappa shape index (κ1) is 23.1. The molecule has 8 nitrogen and oxygen atoms in total. The molecular weight excluding hydrogens is 430 g/mol. The van der Waals surface area contributed by atoms with E-state index in [9.17, 15) is 14.4 Å². The quantitative estimate of drug-likeness (QED) is 0.736.